The van der Waals surface area contributed by atoms with Crippen molar-refractivity contribution < 1.29 is 14.3 Å². The van der Waals surface area contributed by atoms with E-state index in [0.29, 0.717) is 6.42 Å². The molecule has 1 fully saturated rings. The van der Waals surface area contributed by atoms with Gasteiger partial charge < -0.3 is 4.74 Å². The van der Waals surface area contributed by atoms with Gasteiger partial charge in [0.05, 0.1) is 0 Å². The molecule has 0 aromatic rings. The molecule has 1 aliphatic rings. The molecule has 1 aliphatic carbocycles. The lowest BCUT2D eigenvalue weighted by Gasteiger charge is -2.10. The van der Waals surface area contributed by atoms with Crippen molar-refractivity contribution >= 4 is 11.8 Å². The lowest BCUT2D eigenvalue weighted by molar-refractivity contribution is -0.150. The summed E-state index contributed by atoms with van der Waals surface area (Å²) in [6.45, 7) is 1.76. The topological polar surface area (TPSA) is 43.4 Å². The normalized spacial score (nSPS) is 17.3. The Labute approximate surface area is 78.5 Å². The summed E-state index contributed by atoms with van der Waals surface area (Å²) in [4.78, 5) is 22.0. The molecule has 0 aromatic carbocycles. The number of hydrogen-bond donors (Lipinski definition) is 0. The van der Waals surface area contributed by atoms with Gasteiger partial charge in [-0.15, -0.1) is 0 Å². The predicted molar refractivity (Wildman–Crippen MR) is 48.3 cm³/mol. The van der Waals surface area contributed by atoms with Crippen LogP contribution in [0.5, 0.6) is 0 Å². The van der Waals surface area contributed by atoms with Crippen molar-refractivity contribution in [3.63, 3.8) is 0 Å². The molecule has 0 unspecified atom stereocenters. The molecular formula is C10H16O3. The predicted octanol–water partition coefficient (Wildman–Crippen LogP) is 1.84. The number of carbonyl (C=O) groups excluding carboxylic acids is 2. The molecule has 3 heteroatoms. The highest BCUT2D eigenvalue weighted by Crippen LogP contribution is 2.21. The lowest BCUT2D eigenvalue weighted by atomic mass is 10.2. The molecular weight excluding hydrogens is 168 g/mol. The van der Waals surface area contributed by atoms with Crippen molar-refractivity contribution in [2.45, 2.75) is 51.6 Å². The van der Waals surface area contributed by atoms with Gasteiger partial charge in [0.2, 0.25) is 0 Å². The van der Waals surface area contributed by atoms with Gasteiger partial charge in [-0.3, -0.25) is 9.59 Å². The van der Waals surface area contributed by atoms with Crippen LogP contribution in [0.2, 0.25) is 0 Å². The first-order chi connectivity index (χ1) is 6.22. The van der Waals surface area contributed by atoms with Crippen LogP contribution in [0.15, 0.2) is 0 Å². The van der Waals surface area contributed by atoms with Crippen LogP contribution in [0.1, 0.15) is 45.4 Å². The Morgan fingerprint density at radius 1 is 1.31 bits per heavy atom. The first kappa shape index (κ1) is 10.2. The van der Waals surface area contributed by atoms with Crippen molar-refractivity contribution in [2.75, 3.05) is 0 Å². The SMILES string of the molecule is CCC(=O)CC(=O)OC1CCCC1. The fraction of sp³-hybridized carbons (Fsp3) is 0.800. The van der Waals surface area contributed by atoms with Crippen molar-refractivity contribution in [1.82, 2.24) is 0 Å². The number of carbonyl (C=O) groups is 2. The minimum Gasteiger partial charge on any atom is -0.462 e. The Morgan fingerprint density at radius 2 is 1.92 bits per heavy atom. The van der Waals surface area contributed by atoms with E-state index < -0.39 is 0 Å². The van der Waals surface area contributed by atoms with Gasteiger partial charge >= 0.3 is 5.97 Å². The first-order valence-electron chi connectivity index (χ1n) is 4.93. The van der Waals surface area contributed by atoms with E-state index in [4.69, 9.17) is 4.74 Å². The van der Waals surface area contributed by atoms with Gasteiger partial charge in [0.1, 0.15) is 18.3 Å². The van der Waals surface area contributed by atoms with E-state index in [9.17, 15) is 9.59 Å². The summed E-state index contributed by atoms with van der Waals surface area (Å²) < 4.78 is 5.12. The van der Waals surface area contributed by atoms with Crippen molar-refractivity contribution in [1.29, 1.82) is 0 Å². The highest BCUT2D eigenvalue weighted by Gasteiger charge is 2.19. The van der Waals surface area contributed by atoms with E-state index in [0.717, 1.165) is 25.7 Å². The summed E-state index contributed by atoms with van der Waals surface area (Å²) in [5.41, 5.74) is 0. The van der Waals surface area contributed by atoms with Crippen molar-refractivity contribution in [3.8, 4) is 0 Å². The average molecular weight is 184 g/mol. The average Bonchev–Trinajstić information content (AvgIpc) is 2.56. The Kier molecular flexibility index (Phi) is 3.93. The largest absolute Gasteiger partial charge is 0.462 e. The van der Waals surface area contributed by atoms with E-state index >= 15 is 0 Å². The van der Waals surface area contributed by atoms with E-state index in [1.54, 1.807) is 6.92 Å². The number of Topliss-reactive ketones (excluding diaryl/α,β-unsaturated/α-hetero) is 1. The zero-order chi connectivity index (χ0) is 9.68. The summed E-state index contributed by atoms with van der Waals surface area (Å²) in [5.74, 6) is -0.387. The maximum Gasteiger partial charge on any atom is 0.313 e. The highest BCUT2D eigenvalue weighted by molar-refractivity contribution is 5.95. The fourth-order valence-corrected chi connectivity index (χ4v) is 1.52. The molecule has 3 nitrogen and oxygen atoms in total. The van der Waals surface area contributed by atoms with Gasteiger partial charge in [-0.2, -0.15) is 0 Å². The standard InChI is InChI=1S/C10H16O3/c1-2-8(11)7-10(12)13-9-5-3-4-6-9/h9H,2-7H2,1H3. The maximum absolute atomic E-state index is 11.1. The third-order valence-corrected chi connectivity index (χ3v) is 2.34. The van der Waals surface area contributed by atoms with E-state index in [1.165, 1.54) is 0 Å². The Hall–Kier alpha value is -0.860. The molecule has 0 atom stereocenters. The molecule has 0 aliphatic heterocycles. The van der Waals surface area contributed by atoms with Gasteiger partial charge in [-0.05, 0) is 25.7 Å². The summed E-state index contributed by atoms with van der Waals surface area (Å²) >= 11 is 0. The van der Waals surface area contributed by atoms with E-state index in [1.807, 2.05) is 0 Å². The lowest BCUT2D eigenvalue weighted by Crippen LogP contribution is -2.17. The molecule has 1 saturated carbocycles. The number of hydrogen-bond acceptors (Lipinski definition) is 3. The van der Waals surface area contributed by atoms with Crippen LogP contribution in [0.4, 0.5) is 0 Å². The molecule has 0 aromatic heterocycles. The summed E-state index contributed by atoms with van der Waals surface area (Å²) in [6, 6.07) is 0. The van der Waals surface area contributed by atoms with Crippen LogP contribution in [0, 0.1) is 0 Å². The number of ether oxygens (including phenoxy) is 1. The zero-order valence-corrected chi connectivity index (χ0v) is 8.04. The highest BCUT2D eigenvalue weighted by atomic mass is 16.5. The van der Waals surface area contributed by atoms with Gasteiger partial charge in [-0.25, -0.2) is 0 Å². The quantitative estimate of drug-likeness (QED) is 0.494. The van der Waals surface area contributed by atoms with Crippen LogP contribution in [0.3, 0.4) is 0 Å². The molecule has 1 rings (SSSR count). The minimum atomic E-state index is -0.348. The second-order valence-electron chi connectivity index (χ2n) is 3.47. The Morgan fingerprint density at radius 3 is 2.46 bits per heavy atom. The van der Waals surface area contributed by atoms with Crippen LogP contribution in [-0.2, 0) is 14.3 Å². The Bertz CT molecular complexity index is 192. The van der Waals surface area contributed by atoms with Crippen molar-refractivity contribution in [2.24, 2.45) is 0 Å². The summed E-state index contributed by atoms with van der Waals surface area (Å²) in [5, 5.41) is 0. The smallest absolute Gasteiger partial charge is 0.313 e. The summed E-state index contributed by atoms with van der Waals surface area (Å²) in [7, 11) is 0. The third-order valence-electron chi connectivity index (χ3n) is 2.34. The molecule has 0 N–H and O–H groups in total. The van der Waals surface area contributed by atoms with E-state index in [-0.39, 0.29) is 24.3 Å². The first-order valence-corrected chi connectivity index (χ1v) is 4.93. The maximum atomic E-state index is 11.1. The third kappa shape index (κ3) is 3.57. The molecule has 74 valence electrons. The fourth-order valence-electron chi connectivity index (χ4n) is 1.52. The van der Waals surface area contributed by atoms with Gasteiger partial charge in [-0.1, -0.05) is 6.92 Å². The second kappa shape index (κ2) is 5.00. The summed E-state index contributed by atoms with van der Waals surface area (Å²) in [6.07, 6.45) is 4.65. The van der Waals surface area contributed by atoms with Crippen LogP contribution < -0.4 is 0 Å². The number of ketones is 1. The monoisotopic (exact) mass is 184 g/mol. The van der Waals surface area contributed by atoms with Crippen molar-refractivity contribution in [3.05, 3.63) is 0 Å². The molecule has 0 saturated heterocycles. The number of esters is 1. The van der Waals surface area contributed by atoms with Gasteiger partial charge in [0.15, 0.2) is 0 Å². The van der Waals surface area contributed by atoms with Crippen LogP contribution in [0.25, 0.3) is 0 Å². The minimum absolute atomic E-state index is 0.0389. The molecule has 0 spiro atoms. The molecule has 0 radical (unpaired) electrons. The van der Waals surface area contributed by atoms with Gasteiger partial charge in [0.25, 0.3) is 0 Å². The van der Waals surface area contributed by atoms with Crippen LogP contribution in [-0.4, -0.2) is 17.9 Å². The van der Waals surface area contributed by atoms with E-state index in [2.05, 4.69) is 0 Å². The van der Waals surface area contributed by atoms with Gasteiger partial charge in [0, 0.05) is 6.42 Å². The van der Waals surface area contributed by atoms with Crippen LogP contribution >= 0.6 is 0 Å². The molecule has 0 bridgehead atoms. The Balaban J connectivity index is 2.20. The molecule has 13 heavy (non-hydrogen) atoms. The second-order valence-corrected chi connectivity index (χ2v) is 3.47. The number of rotatable bonds is 4. The zero-order valence-electron chi connectivity index (χ0n) is 8.04. The molecule has 0 heterocycles. The molecule has 0 amide bonds.